The average Bonchev–Trinajstić information content (AvgIpc) is 2.78. The van der Waals surface area contributed by atoms with Gasteiger partial charge in [-0.25, -0.2) is 23.2 Å². The van der Waals surface area contributed by atoms with E-state index < -0.39 is 39.7 Å². The fourth-order valence-electron chi connectivity index (χ4n) is 3.26. The second-order valence-electron chi connectivity index (χ2n) is 7.01. The van der Waals surface area contributed by atoms with Crippen LogP contribution in [0.4, 0.5) is 29.6 Å². The van der Waals surface area contributed by atoms with Crippen molar-refractivity contribution in [1.82, 2.24) is 14.3 Å². The van der Waals surface area contributed by atoms with Gasteiger partial charge in [-0.3, -0.25) is 10.1 Å². The number of carbonyl (C=O) groups is 2. The molecular formula is C20H18F3N5O5S. The van der Waals surface area contributed by atoms with Gasteiger partial charge in [0.2, 0.25) is 10.0 Å². The van der Waals surface area contributed by atoms with Gasteiger partial charge in [-0.15, -0.1) is 5.92 Å². The lowest BCUT2D eigenvalue weighted by molar-refractivity contribution is -0.0885. The Morgan fingerprint density at radius 2 is 1.88 bits per heavy atom. The molecule has 1 aliphatic heterocycles. The van der Waals surface area contributed by atoms with E-state index in [1.165, 1.54) is 22.5 Å². The van der Waals surface area contributed by atoms with Crippen LogP contribution in [0.3, 0.4) is 0 Å². The number of alkyl halides is 3. The number of ketones is 1. The molecule has 3 rings (SSSR count). The topological polar surface area (TPSA) is 133 Å². The number of hydrogen-bond donors (Lipinski definition) is 2. The molecule has 1 amide bonds. The van der Waals surface area contributed by atoms with Gasteiger partial charge in [-0.05, 0) is 31.2 Å². The first-order chi connectivity index (χ1) is 15.9. The molecule has 1 atom stereocenters. The number of hydrogen-bond acceptors (Lipinski definition) is 7. The van der Waals surface area contributed by atoms with Gasteiger partial charge < -0.3 is 10.0 Å². The zero-order chi connectivity index (χ0) is 25.1. The number of nitrogens with one attached hydrogen (secondary N) is 1. The highest BCUT2D eigenvalue weighted by Gasteiger charge is 2.40. The number of anilines is 2. The molecule has 1 fully saturated rings. The van der Waals surface area contributed by atoms with Gasteiger partial charge in [0.05, 0.1) is 0 Å². The molecule has 0 saturated carbocycles. The highest BCUT2D eigenvalue weighted by molar-refractivity contribution is 7.89. The van der Waals surface area contributed by atoms with Gasteiger partial charge in [0.1, 0.15) is 22.6 Å². The van der Waals surface area contributed by atoms with Crippen molar-refractivity contribution in [3.63, 3.8) is 0 Å². The summed E-state index contributed by atoms with van der Waals surface area (Å²) in [6, 6.07) is 4.04. The standard InChI is InChI=1S/C20H18F3N5O5S/c1-2-3-14-12-27(34(32,33)15-5-6-16(24-11-15)26-19(30)31)8-9-28(14)17-7-4-13(10-25-17)18(29)20(21,22)23/h4-7,10-11,14H,8-9,12H2,1H3,(H,24,26)(H,30,31)/t14-/m0/s1. The van der Waals surface area contributed by atoms with Crippen molar-refractivity contribution < 1.29 is 36.3 Å². The van der Waals surface area contributed by atoms with Gasteiger partial charge in [-0.1, -0.05) is 5.92 Å². The maximum atomic E-state index is 13.1. The highest BCUT2D eigenvalue weighted by Crippen LogP contribution is 2.26. The fraction of sp³-hybridized carbons (Fsp3) is 0.300. The minimum Gasteiger partial charge on any atom is -0.465 e. The minimum atomic E-state index is -5.02. The van der Waals surface area contributed by atoms with Gasteiger partial charge in [-0.2, -0.15) is 17.5 Å². The number of pyridine rings is 2. The van der Waals surface area contributed by atoms with E-state index in [4.69, 9.17) is 5.11 Å². The molecule has 0 aliphatic carbocycles. The Balaban J connectivity index is 1.80. The molecule has 2 aromatic rings. The summed E-state index contributed by atoms with van der Waals surface area (Å²) >= 11 is 0. The normalized spacial score (nSPS) is 16.9. The molecule has 0 spiro atoms. The molecule has 14 heteroatoms. The van der Waals surface area contributed by atoms with Crippen molar-refractivity contribution >= 4 is 33.5 Å². The van der Waals surface area contributed by atoms with Crippen molar-refractivity contribution in [1.29, 1.82) is 0 Å². The number of piperazine rings is 1. The third-order valence-corrected chi connectivity index (χ3v) is 6.67. The number of Topliss-reactive ketones (excluding diaryl/α,β-unsaturated/α-hetero) is 1. The van der Waals surface area contributed by atoms with Crippen LogP contribution in [0.2, 0.25) is 0 Å². The summed E-state index contributed by atoms with van der Waals surface area (Å²) < 4.78 is 65.2. The van der Waals surface area contributed by atoms with Crippen molar-refractivity contribution in [2.24, 2.45) is 0 Å². The third kappa shape index (κ3) is 5.43. The number of halogens is 3. The molecular weight excluding hydrogens is 479 g/mol. The van der Waals surface area contributed by atoms with Gasteiger partial charge in [0.15, 0.2) is 0 Å². The van der Waals surface area contributed by atoms with E-state index in [2.05, 4.69) is 21.8 Å². The second-order valence-corrected chi connectivity index (χ2v) is 8.95. The van der Waals surface area contributed by atoms with E-state index in [9.17, 15) is 31.2 Å². The summed E-state index contributed by atoms with van der Waals surface area (Å²) in [5.74, 6) is 3.77. The molecule has 0 unspecified atom stereocenters. The Morgan fingerprint density at radius 3 is 2.41 bits per heavy atom. The number of amides is 1. The number of aromatic nitrogens is 2. The van der Waals surface area contributed by atoms with E-state index in [-0.39, 0.29) is 36.2 Å². The zero-order valence-corrected chi connectivity index (χ0v) is 18.4. The van der Waals surface area contributed by atoms with Gasteiger partial charge in [0.25, 0.3) is 5.78 Å². The molecule has 180 valence electrons. The van der Waals surface area contributed by atoms with E-state index >= 15 is 0 Å². The van der Waals surface area contributed by atoms with Crippen LogP contribution in [0, 0.1) is 11.8 Å². The Bertz CT molecular complexity index is 1240. The van der Waals surface area contributed by atoms with Crippen LogP contribution in [0.15, 0.2) is 41.6 Å². The second kappa shape index (κ2) is 9.65. The molecule has 0 bridgehead atoms. The lowest BCUT2D eigenvalue weighted by Gasteiger charge is -2.39. The van der Waals surface area contributed by atoms with Crippen LogP contribution in [0.5, 0.6) is 0 Å². The Kier molecular flexibility index (Phi) is 7.08. The van der Waals surface area contributed by atoms with E-state index in [0.29, 0.717) is 0 Å². The minimum absolute atomic E-state index is 0.0181. The first-order valence-electron chi connectivity index (χ1n) is 9.66. The number of sulfonamides is 1. The molecule has 1 aliphatic rings. The summed E-state index contributed by atoms with van der Waals surface area (Å²) in [7, 11) is -3.99. The maximum absolute atomic E-state index is 13.1. The molecule has 2 aromatic heterocycles. The highest BCUT2D eigenvalue weighted by atomic mass is 32.2. The Hall–Kier alpha value is -3.70. The molecule has 2 N–H and O–H groups in total. The van der Waals surface area contributed by atoms with E-state index in [1.54, 1.807) is 11.8 Å². The SMILES string of the molecule is CC#C[C@H]1CN(S(=O)(=O)c2ccc(NC(=O)O)nc2)CCN1c1ccc(C(=O)C(F)(F)F)cn1. The monoisotopic (exact) mass is 497 g/mol. The van der Waals surface area contributed by atoms with Crippen molar-refractivity contribution in [3.05, 3.63) is 42.2 Å². The lowest BCUT2D eigenvalue weighted by atomic mass is 10.1. The molecule has 1 saturated heterocycles. The van der Waals surface area contributed by atoms with E-state index in [1.807, 2.05) is 5.32 Å². The predicted octanol–water partition coefficient (Wildman–Crippen LogP) is 2.21. The van der Waals surface area contributed by atoms with Crippen molar-refractivity contribution in [2.45, 2.75) is 24.0 Å². The molecule has 3 heterocycles. The van der Waals surface area contributed by atoms with Crippen LogP contribution in [0.25, 0.3) is 0 Å². The summed E-state index contributed by atoms with van der Waals surface area (Å²) in [5.41, 5.74) is -0.607. The largest absolute Gasteiger partial charge is 0.465 e. The van der Waals surface area contributed by atoms with Crippen LogP contribution >= 0.6 is 0 Å². The van der Waals surface area contributed by atoms with E-state index in [0.717, 1.165) is 18.5 Å². The molecule has 0 aromatic carbocycles. The Labute approximate surface area is 192 Å². The van der Waals surface area contributed by atoms with Crippen molar-refractivity contribution in [2.75, 3.05) is 29.9 Å². The molecule has 34 heavy (non-hydrogen) atoms. The quantitative estimate of drug-likeness (QED) is 0.475. The predicted molar refractivity (Wildman–Crippen MR) is 114 cm³/mol. The molecule has 10 nitrogen and oxygen atoms in total. The average molecular weight is 497 g/mol. The van der Waals surface area contributed by atoms with Crippen LogP contribution in [-0.2, 0) is 10.0 Å². The number of carboxylic acid groups (broad SMARTS) is 1. The van der Waals surface area contributed by atoms with Crippen LogP contribution in [-0.4, -0.2) is 71.5 Å². The number of nitrogens with zero attached hydrogens (tertiary/aromatic N) is 4. The summed E-state index contributed by atoms with van der Waals surface area (Å²) in [4.78, 5) is 31.3. The maximum Gasteiger partial charge on any atom is 0.454 e. The first kappa shape index (κ1) is 24.9. The molecule has 0 radical (unpaired) electrons. The number of rotatable bonds is 5. The third-order valence-electron chi connectivity index (χ3n) is 4.82. The van der Waals surface area contributed by atoms with Crippen LogP contribution < -0.4 is 10.2 Å². The van der Waals surface area contributed by atoms with Crippen LogP contribution in [0.1, 0.15) is 17.3 Å². The fourth-order valence-corrected chi connectivity index (χ4v) is 4.64. The summed E-state index contributed by atoms with van der Waals surface area (Å²) in [5, 5.41) is 10.7. The van der Waals surface area contributed by atoms with Gasteiger partial charge in [0, 0.05) is 37.6 Å². The Morgan fingerprint density at radius 1 is 1.15 bits per heavy atom. The summed E-state index contributed by atoms with van der Waals surface area (Å²) in [6.45, 7) is 1.64. The lowest BCUT2D eigenvalue weighted by Crippen LogP contribution is -2.54. The first-order valence-corrected chi connectivity index (χ1v) is 11.1. The van der Waals surface area contributed by atoms with Crippen molar-refractivity contribution in [3.8, 4) is 11.8 Å². The van der Waals surface area contributed by atoms with Gasteiger partial charge >= 0.3 is 12.3 Å². The summed E-state index contributed by atoms with van der Waals surface area (Å²) in [6.07, 6.45) is -4.50. The number of carbonyl (C=O) groups excluding carboxylic acids is 1. The smallest absolute Gasteiger partial charge is 0.454 e. The zero-order valence-electron chi connectivity index (χ0n) is 17.6.